The van der Waals surface area contributed by atoms with Crippen LogP contribution >= 0.6 is 0 Å². The van der Waals surface area contributed by atoms with Crippen LogP contribution in [-0.4, -0.2) is 30.3 Å². The summed E-state index contributed by atoms with van der Waals surface area (Å²) in [5.74, 6) is 0.478. The zero-order valence-electron chi connectivity index (χ0n) is 12.4. The molecular formula is C18H14BeN2O2. The molecule has 2 aromatic carbocycles. The van der Waals surface area contributed by atoms with Gasteiger partial charge in [0.1, 0.15) is 22.5 Å². The van der Waals surface area contributed by atoms with E-state index >= 15 is 0 Å². The van der Waals surface area contributed by atoms with Crippen LogP contribution in [0.1, 0.15) is 0 Å². The maximum absolute atomic E-state index is 9.31. The van der Waals surface area contributed by atoms with E-state index in [1.165, 1.54) is 0 Å². The van der Waals surface area contributed by atoms with E-state index in [0.29, 0.717) is 11.0 Å². The summed E-state index contributed by atoms with van der Waals surface area (Å²) >= 11 is 0. The van der Waals surface area contributed by atoms with Gasteiger partial charge >= 0.3 is 0 Å². The van der Waals surface area contributed by atoms with Gasteiger partial charge in [-0.25, -0.2) is 0 Å². The number of hydrogen-bond acceptors (Lipinski definition) is 4. The zero-order valence-corrected chi connectivity index (χ0v) is 12.4. The molecule has 2 aromatic heterocycles. The second kappa shape index (κ2) is 7.34. The van der Waals surface area contributed by atoms with Gasteiger partial charge in [0.25, 0.3) is 0 Å². The molecule has 110 valence electrons. The molecule has 4 aromatic rings. The van der Waals surface area contributed by atoms with E-state index in [9.17, 15) is 10.2 Å². The molecule has 2 heterocycles. The van der Waals surface area contributed by atoms with Crippen LogP contribution in [0.5, 0.6) is 11.5 Å². The molecule has 0 atom stereocenters. The van der Waals surface area contributed by atoms with E-state index in [4.69, 9.17) is 0 Å². The molecule has 0 fully saturated rings. The number of aromatic nitrogens is 2. The largest absolute Gasteiger partial charge is 0.506 e. The van der Waals surface area contributed by atoms with E-state index in [1.54, 1.807) is 36.7 Å². The van der Waals surface area contributed by atoms with Crippen molar-refractivity contribution >= 4 is 31.9 Å². The van der Waals surface area contributed by atoms with Gasteiger partial charge in [0.05, 0.1) is 0 Å². The number of pyridine rings is 2. The summed E-state index contributed by atoms with van der Waals surface area (Å²) in [7, 11) is 0. The van der Waals surface area contributed by atoms with E-state index in [2.05, 4.69) is 9.97 Å². The van der Waals surface area contributed by atoms with Gasteiger partial charge < -0.3 is 10.2 Å². The number of aromatic hydroxyl groups is 2. The van der Waals surface area contributed by atoms with Crippen LogP contribution in [0.25, 0.3) is 21.8 Å². The van der Waals surface area contributed by atoms with E-state index in [-0.39, 0.29) is 21.6 Å². The Morgan fingerprint density at radius 1 is 0.565 bits per heavy atom. The fourth-order valence-electron chi connectivity index (χ4n) is 2.18. The summed E-state index contributed by atoms with van der Waals surface area (Å²) in [5.41, 5.74) is 1.32. The van der Waals surface area contributed by atoms with Gasteiger partial charge in [-0.2, -0.15) is 0 Å². The van der Waals surface area contributed by atoms with Crippen LogP contribution < -0.4 is 0 Å². The van der Waals surface area contributed by atoms with E-state index in [1.807, 2.05) is 36.4 Å². The van der Waals surface area contributed by atoms with E-state index < -0.39 is 0 Å². The van der Waals surface area contributed by atoms with Gasteiger partial charge in [0, 0.05) is 33.3 Å². The molecule has 0 aliphatic heterocycles. The van der Waals surface area contributed by atoms with Crippen LogP contribution in [0, 0.1) is 0 Å². The number of para-hydroxylation sites is 2. The Balaban J connectivity index is 0.000000160. The summed E-state index contributed by atoms with van der Waals surface area (Å²) < 4.78 is 0. The fraction of sp³-hybridized carbons (Fsp3) is 0. The van der Waals surface area contributed by atoms with Crippen LogP contribution in [-0.2, 0) is 0 Å². The van der Waals surface area contributed by atoms with Crippen LogP contribution in [0.2, 0.25) is 0 Å². The Labute approximate surface area is 137 Å². The Bertz CT molecular complexity index is 841. The van der Waals surface area contributed by atoms with Crippen molar-refractivity contribution in [2.45, 2.75) is 0 Å². The molecule has 0 saturated carbocycles. The Kier molecular flexibility index (Phi) is 5.23. The van der Waals surface area contributed by atoms with Gasteiger partial charge in [0.2, 0.25) is 0 Å². The monoisotopic (exact) mass is 299 g/mol. The number of rotatable bonds is 0. The second-order valence-corrected chi connectivity index (χ2v) is 4.70. The average molecular weight is 299 g/mol. The summed E-state index contributed by atoms with van der Waals surface area (Å²) in [6.07, 6.45) is 3.34. The zero-order chi connectivity index (χ0) is 15.4. The molecule has 0 saturated heterocycles. The third-order valence-corrected chi connectivity index (χ3v) is 3.22. The number of nitrogens with zero attached hydrogens (tertiary/aromatic N) is 2. The molecule has 0 aliphatic rings. The van der Waals surface area contributed by atoms with Crippen molar-refractivity contribution in [3.8, 4) is 11.5 Å². The minimum atomic E-state index is 0. The molecule has 23 heavy (non-hydrogen) atoms. The van der Waals surface area contributed by atoms with Crippen molar-refractivity contribution in [1.29, 1.82) is 0 Å². The van der Waals surface area contributed by atoms with Crippen LogP contribution in [0.4, 0.5) is 0 Å². The number of phenols is 2. The number of hydrogen-bond donors (Lipinski definition) is 2. The quantitative estimate of drug-likeness (QED) is 0.488. The molecule has 5 heteroatoms. The predicted molar refractivity (Wildman–Crippen MR) is 92.6 cm³/mol. The summed E-state index contributed by atoms with van der Waals surface area (Å²) in [6.45, 7) is 0. The van der Waals surface area contributed by atoms with Crippen molar-refractivity contribution in [1.82, 2.24) is 9.97 Å². The van der Waals surface area contributed by atoms with Crippen LogP contribution in [0.3, 0.4) is 0 Å². The molecule has 2 N–H and O–H groups in total. The number of phenolic OH excluding ortho intramolecular Hbond substituents is 2. The standard InChI is InChI=1S/2C9H7NO.Be/c2*11-8-5-1-3-7-4-2-6-10-9(7)8;/h2*1-6,11H;. The summed E-state index contributed by atoms with van der Waals surface area (Å²) in [4.78, 5) is 8.06. The third-order valence-electron chi connectivity index (χ3n) is 3.22. The number of benzene rings is 2. The second-order valence-electron chi connectivity index (χ2n) is 4.70. The van der Waals surface area contributed by atoms with Gasteiger partial charge in [-0.1, -0.05) is 36.4 Å². The Hall–Kier alpha value is -2.97. The average Bonchev–Trinajstić information content (AvgIpc) is 2.57. The van der Waals surface area contributed by atoms with Crippen LogP contribution in [0.15, 0.2) is 73.1 Å². The fourth-order valence-corrected chi connectivity index (χ4v) is 2.18. The first-order valence-electron chi connectivity index (χ1n) is 6.81. The molecule has 0 spiro atoms. The smallest absolute Gasteiger partial charge is 0.141 e. The third kappa shape index (κ3) is 3.62. The van der Waals surface area contributed by atoms with Gasteiger partial charge in [-0.15, -0.1) is 0 Å². The summed E-state index contributed by atoms with van der Waals surface area (Å²) in [6, 6.07) is 18.3. The molecule has 0 aliphatic carbocycles. The normalized spacial score (nSPS) is 9.74. The Morgan fingerprint density at radius 2 is 0.957 bits per heavy atom. The first-order valence-corrected chi connectivity index (χ1v) is 6.81. The Morgan fingerprint density at radius 3 is 1.35 bits per heavy atom. The maximum atomic E-state index is 9.31. The topological polar surface area (TPSA) is 66.2 Å². The SMILES string of the molecule is Oc1cccc2cccnc12.Oc1cccc2cccnc12.[Be]. The molecule has 2 radical (unpaired) electrons. The number of fused-ring (bicyclic) bond motifs is 2. The first kappa shape index (κ1) is 16.4. The van der Waals surface area contributed by atoms with Crippen molar-refractivity contribution in [2.75, 3.05) is 0 Å². The van der Waals surface area contributed by atoms with E-state index in [0.717, 1.165) is 10.8 Å². The van der Waals surface area contributed by atoms with Crippen molar-refractivity contribution < 1.29 is 10.2 Å². The van der Waals surface area contributed by atoms with Gasteiger partial charge in [-0.3, -0.25) is 9.97 Å². The van der Waals surface area contributed by atoms with Crippen molar-refractivity contribution in [2.24, 2.45) is 0 Å². The van der Waals surface area contributed by atoms with Crippen molar-refractivity contribution in [3.63, 3.8) is 0 Å². The minimum Gasteiger partial charge on any atom is -0.506 e. The maximum Gasteiger partial charge on any atom is 0.141 e. The predicted octanol–water partition coefficient (Wildman–Crippen LogP) is 3.50. The molecule has 0 amide bonds. The molecule has 4 rings (SSSR count). The minimum absolute atomic E-state index is 0. The van der Waals surface area contributed by atoms with Crippen molar-refractivity contribution in [3.05, 3.63) is 73.1 Å². The van der Waals surface area contributed by atoms with Gasteiger partial charge in [0.15, 0.2) is 0 Å². The molecule has 0 unspecified atom stereocenters. The summed E-state index contributed by atoms with van der Waals surface area (Å²) in [5, 5.41) is 20.5. The van der Waals surface area contributed by atoms with Gasteiger partial charge in [-0.05, 0) is 24.3 Å². The first-order chi connectivity index (χ1) is 10.8. The molecule has 0 bridgehead atoms. The molecular weight excluding hydrogens is 285 g/mol. The molecule has 4 nitrogen and oxygen atoms in total.